The number of benzene rings is 1. The van der Waals surface area contributed by atoms with E-state index in [2.05, 4.69) is 14.9 Å². The van der Waals surface area contributed by atoms with Crippen molar-refractivity contribution >= 4 is 17.4 Å². The van der Waals surface area contributed by atoms with Crippen molar-refractivity contribution in [2.24, 2.45) is 0 Å². The second-order valence-electron chi connectivity index (χ2n) is 6.05. The summed E-state index contributed by atoms with van der Waals surface area (Å²) >= 11 is 1.29. The molecule has 1 aromatic heterocycles. The van der Waals surface area contributed by atoms with Crippen LogP contribution in [0.25, 0.3) is 0 Å². The van der Waals surface area contributed by atoms with Crippen LogP contribution in [0.3, 0.4) is 0 Å². The van der Waals surface area contributed by atoms with E-state index >= 15 is 0 Å². The van der Waals surface area contributed by atoms with Crippen molar-refractivity contribution in [1.29, 1.82) is 0 Å². The lowest BCUT2D eigenvalue weighted by Crippen LogP contribution is -2.31. The molecular weight excluding hydrogens is 340 g/mol. The minimum Gasteiger partial charge on any atom is -0.301 e. The van der Waals surface area contributed by atoms with Gasteiger partial charge in [-0.05, 0) is 25.9 Å². The minimum absolute atomic E-state index is 0.0825. The molecule has 1 fully saturated rings. The molecule has 8 heteroatoms. The fourth-order valence-corrected chi connectivity index (χ4v) is 3.73. The maximum absolute atomic E-state index is 12.3. The fraction of sp³-hybridized carbons (Fsp3) is 0.412. The second-order valence-corrected chi connectivity index (χ2v) is 7.02. The van der Waals surface area contributed by atoms with Gasteiger partial charge in [-0.1, -0.05) is 36.4 Å². The predicted octanol–water partition coefficient (Wildman–Crippen LogP) is 2.96. The lowest BCUT2D eigenvalue weighted by atomic mass is 10.1. The maximum Gasteiger partial charge on any atom is 0.273 e. The van der Waals surface area contributed by atoms with Crippen LogP contribution in [0.15, 0.2) is 40.4 Å². The Kier molecular flexibility index (Phi) is 5.83. The third kappa shape index (κ3) is 4.67. The topological polar surface area (TPSA) is 92.1 Å². The van der Waals surface area contributed by atoms with Crippen LogP contribution in [0, 0.1) is 10.1 Å². The van der Waals surface area contributed by atoms with Gasteiger partial charge in [0.1, 0.15) is 0 Å². The first-order valence-electron chi connectivity index (χ1n) is 8.29. The summed E-state index contributed by atoms with van der Waals surface area (Å²) in [6.07, 6.45) is 5.23. The standard InChI is InChI=1S/C17H20N4O3S/c22-16-14(11-20-8-4-1-5-9-20)10-18-17(19-16)25-12-13-6-2-3-7-15(13)21(23)24/h2-3,6-7,10H,1,4-5,8-9,11-12H2,(H,18,19,22). The first-order chi connectivity index (χ1) is 12.1. The number of hydrogen-bond donors (Lipinski definition) is 1. The lowest BCUT2D eigenvalue weighted by molar-refractivity contribution is -0.385. The highest BCUT2D eigenvalue weighted by Crippen LogP contribution is 2.25. The molecule has 1 N–H and O–H groups in total. The molecular formula is C17H20N4O3S. The summed E-state index contributed by atoms with van der Waals surface area (Å²) in [7, 11) is 0. The van der Waals surface area contributed by atoms with Crippen molar-refractivity contribution in [3.8, 4) is 0 Å². The van der Waals surface area contributed by atoms with Gasteiger partial charge in [-0.3, -0.25) is 19.8 Å². The molecule has 0 aliphatic carbocycles. The predicted molar refractivity (Wildman–Crippen MR) is 96.6 cm³/mol. The van der Waals surface area contributed by atoms with Crippen LogP contribution < -0.4 is 5.56 Å². The van der Waals surface area contributed by atoms with Crippen molar-refractivity contribution in [2.75, 3.05) is 13.1 Å². The van der Waals surface area contributed by atoms with E-state index in [0.717, 1.165) is 13.1 Å². The molecule has 0 saturated carbocycles. The van der Waals surface area contributed by atoms with E-state index in [1.54, 1.807) is 24.4 Å². The summed E-state index contributed by atoms with van der Waals surface area (Å²) in [5.41, 5.74) is 1.22. The SMILES string of the molecule is O=c1[nH]c(SCc2ccccc2[N+](=O)[O-])ncc1CN1CCCCC1. The van der Waals surface area contributed by atoms with Crippen molar-refractivity contribution < 1.29 is 4.92 Å². The summed E-state index contributed by atoms with van der Waals surface area (Å²) in [5, 5.41) is 11.5. The number of rotatable bonds is 6. The Hall–Kier alpha value is -2.19. The Balaban J connectivity index is 1.65. The molecule has 1 aromatic carbocycles. The molecule has 0 spiro atoms. The quantitative estimate of drug-likeness (QED) is 0.368. The molecule has 25 heavy (non-hydrogen) atoms. The zero-order valence-electron chi connectivity index (χ0n) is 13.8. The van der Waals surface area contributed by atoms with Crippen molar-refractivity contribution in [3.05, 3.63) is 62.1 Å². The average Bonchev–Trinajstić information content (AvgIpc) is 2.63. The van der Waals surface area contributed by atoms with Crippen molar-refractivity contribution in [1.82, 2.24) is 14.9 Å². The average molecular weight is 360 g/mol. The van der Waals surface area contributed by atoms with Crippen LogP contribution in [0.1, 0.15) is 30.4 Å². The summed E-state index contributed by atoms with van der Waals surface area (Å²) in [5.74, 6) is 0.381. The normalized spacial score (nSPS) is 15.2. The zero-order valence-corrected chi connectivity index (χ0v) is 14.6. The molecule has 0 bridgehead atoms. The first kappa shape index (κ1) is 17.6. The van der Waals surface area contributed by atoms with Gasteiger partial charge >= 0.3 is 0 Å². The van der Waals surface area contributed by atoms with E-state index in [4.69, 9.17) is 0 Å². The first-order valence-corrected chi connectivity index (χ1v) is 9.27. The van der Waals surface area contributed by atoms with E-state index in [-0.39, 0.29) is 11.2 Å². The number of aromatic amines is 1. The number of nitrogens with one attached hydrogen (secondary N) is 1. The summed E-state index contributed by atoms with van der Waals surface area (Å²) < 4.78 is 0. The molecule has 3 rings (SSSR count). The Morgan fingerprint density at radius 3 is 2.68 bits per heavy atom. The van der Waals surface area contributed by atoms with Gasteiger partial charge < -0.3 is 4.98 Å². The number of nitrogens with zero attached hydrogens (tertiary/aromatic N) is 3. The van der Waals surface area contributed by atoms with Crippen LogP contribution in [-0.2, 0) is 12.3 Å². The van der Waals surface area contributed by atoms with Crippen LogP contribution in [0.4, 0.5) is 5.69 Å². The van der Waals surface area contributed by atoms with Crippen molar-refractivity contribution in [3.63, 3.8) is 0 Å². The minimum atomic E-state index is -0.395. The number of piperidine rings is 1. The number of thioether (sulfide) groups is 1. The Bertz CT molecular complexity index is 802. The van der Waals surface area contributed by atoms with Gasteiger partial charge in [0.15, 0.2) is 5.16 Å². The van der Waals surface area contributed by atoms with E-state index < -0.39 is 4.92 Å². The highest BCUT2D eigenvalue weighted by atomic mass is 32.2. The smallest absolute Gasteiger partial charge is 0.273 e. The van der Waals surface area contributed by atoms with Gasteiger partial charge in [0.25, 0.3) is 11.2 Å². The molecule has 7 nitrogen and oxygen atoms in total. The Morgan fingerprint density at radius 1 is 1.20 bits per heavy atom. The molecule has 2 heterocycles. The van der Waals surface area contributed by atoms with E-state index in [1.165, 1.54) is 37.1 Å². The number of H-pyrrole nitrogens is 1. The second kappa shape index (κ2) is 8.26. The van der Waals surface area contributed by atoms with Gasteiger partial charge in [-0.2, -0.15) is 0 Å². The van der Waals surface area contributed by atoms with Crippen LogP contribution >= 0.6 is 11.8 Å². The molecule has 0 amide bonds. The third-order valence-corrected chi connectivity index (χ3v) is 5.18. The van der Waals surface area contributed by atoms with Crippen molar-refractivity contribution in [2.45, 2.75) is 36.7 Å². The molecule has 0 radical (unpaired) electrons. The van der Waals surface area contributed by atoms with Gasteiger partial charge in [0.05, 0.1) is 4.92 Å². The Morgan fingerprint density at radius 2 is 1.96 bits per heavy atom. The molecule has 1 aliphatic rings. The number of hydrogen-bond acceptors (Lipinski definition) is 6. The molecule has 1 aliphatic heterocycles. The van der Waals surface area contributed by atoms with Crippen LogP contribution in [0.2, 0.25) is 0 Å². The number of nitro groups is 1. The summed E-state index contributed by atoms with van der Waals surface area (Å²) in [6, 6.07) is 6.60. The number of para-hydroxylation sites is 1. The van der Waals surface area contributed by atoms with Gasteiger partial charge in [0, 0.05) is 35.7 Å². The molecule has 0 atom stereocenters. The highest BCUT2D eigenvalue weighted by Gasteiger charge is 2.15. The van der Waals surface area contributed by atoms with Gasteiger partial charge in [0.2, 0.25) is 0 Å². The molecule has 132 valence electrons. The summed E-state index contributed by atoms with van der Waals surface area (Å²) in [6.45, 7) is 2.67. The van der Waals surface area contributed by atoms with Crippen LogP contribution in [-0.4, -0.2) is 32.9 Å². The zero-order chi connectivity index (χ0) is 17.6. The fourth-order valence-electron chi connectivity index (χ4n) is 2.91. The maximum atomic E-state index is 12.3. The third-order valence-electron chi connectivity index (χ3n) is 4.25. The van der Waals surface area contributed by atoms with E-state index in [9.17, 15) is 14.9 Å². The largest absolute Gasteiger partial charge is 0.301 e. The molecule has 2 aromatic rings. The summed E-state index contributed by atoms with van der Waals surface area (Å²) in [4.78, 5) is 32.3. The number of aromatic nitrogens is 2. The lowest BCUT2D eigenvalue weighted by Gasteiger charge is -2.25. The monoisotopic (exact) mass is 360 g/mol. The highest BCUT2D eigenvalue weighted by molar-refractivity contribution is 7.98. The van der Waals surface area contributed by atoms with E-state index in [0.29, 0.717) is 28.6 Å². The van der Waals surface area contributed by atoms with E-state index in [1.807, 2.05) is 0 Å². The van der Waals surface area contributed by atoms with Gasteiger partial charge in [-0.15, -0.1) is 0 Å². The van der Waals surface area contributed by atoms with Gasteiger partial charge in [-0.25, -0.2) is 4.98 Å². The molecule has 0 unspecified atom stereocenters. The Labute approximate surface area is 149 Å². The number of nitro benzene ring substituents is 1. The van der Waals surface area contributed by atoms with Crippen LogP contribution in [0.5, 0.6) is 0 Å². The molecule has 1 saturated heterocycles. The number of likely N-dealkylation sites (tertiary alicyclic amines) is 1.